The molecule has 1 aromatic heterocycles. The van der Waals surface area contributed by atoms with Gasteiger partial charge in [0.1, 0.15) is 11.6 Å². The lowest BCUT2D eigenvalue weighted by molar-refractivity contribution is 0.102. The first-order valence-corrected chi connectivity index (χ1v) is 8.95. The molecule has 0 aliphatic rings. The van der Waals surface area contributed by atoms with E-state index in [1.54, 1.807) is 19.2 Å². The number of hydrogen-bond acceptors (Lipinski definition) is 3. The molecule has 0 unspecified atom stereocenters. The van der Waals surface area contributed by atoms with Crippen molar-refractivity contribution in [2.24, 2.45) is 0 Å². The number of ether oxygens (including phenoxy) is 1. The molecule has 1 amide bonds. The zero-order chi connectivity index (χ0) is 19.4. The van der Waals surface area contributed by atoms with E-state index in [1.165, 1.54) is 0 Å². The number of benzene rings is 2. The molecular weight excluding hydrogens is 338 g/mol. The van der Waals surface area contributed by atoms with Crippen molar-refractivity contribution in [1.29, 1.82) is 0 Å². The lowest BCUT2D eigenvalue weighted by Gasteiger charge is -2.14. The normalized spacial score (nSPS) is 11.3. The molecule has 0 radical (unpaired) electrons. The van der Waals surface area contributed by atoms with E-state index in [1.807, 2.05) is 53.2 Å². The Morgan fingerprint density at radius 3 is 2.41 bits per heavy atom. The van der Waals surface area contributed by atoms with Crippen molar-refractivity contribution in [3.63, 3.8) is 0 Å². The van der Waals surface area contributed by atoms with Crippen molar-refractivity contribution in [3.8, 4) is 5.75 Å². The van der Waals surface area contributed by atoms with Crippen molar-refractivity contribution in [3.05, 3.63) is 77.5 Å². The van der Waals surface area contributed by atoms with Crippen molar-refractivity contribution in [2.45, 2.75) is 32.7 Å². The van der Waals surface area contributed by atoms with Crippen LogP contribution < -0.4 is 10.1 Å². The molecule has 2 aromatic carbocycles. The Morgan fingerprint density at radius 1 is 1.07 bits per heavy atom. The number of para-hydroxylation sites is 1. The third kappa shape index (κ3) is 4.37. The van der Waals surface area contributed by atoms with Crippen LogP contribution in [0.1, 0.15) is 42.4 Å². The number of rotatable bonds is 5. The van der Waals surface area contributed by atoms with Gasteiger partial charge in [-0.05, 0) is 17.7 Å². The molecule has 3 aromatic rings. The molecular formula is C22H25N3O2. The monoisotopic (exact) mass is 363 g/mol. The molecule has 3 rings (SSSR count). The summed E-state index contributed by atoms with van der Waals surface area (Å²) >= 11 is 0. The van der Waals surface area contributed by atoms with Crippen LogP contribution in [-0.2, 0) is 12.0 Å². The number of anilines is 1. The van der Waals surface area contributed by atoms with Crippen molar-refractivity contribution in [2.75, 3.05) is 12.4 Å². The minimum Gasteiger partial charge on any atom is -0.496 e. The number of amides is 1. The highest BCUT2D eigenvalue weighted by Gasteiger charge is 2.22. The van der Waals surface area contributed by atoms with Crippen LogP contribution in [0.2, 0.25) is 0 Å². The number of nitrogens with zero attached hydrogens (tertiary/aromatic N) is 2. The summed E-state index contributed by atoms with van der Waals surface area (Å²) in [6.45, 7) is 6.90. The van der Waals surface area contributed by atoms with Gasteiger partial charge in [-0.15, -0.1) is 0 Å². The third-order valence-electron chi connectivity index (χ3n) is 4.32. The molecule has 0 atom stereocenters. The number of carbonyl (C=O) groups excluding carboxylic acids is 1. The van der Waals surface area contributed by atoms with Gasteiger partial charge in [-0.2, -0.15) is 5.10 Å². The van der Waals surface area contributed by atoms with Crippen LogP contribution in [0.4, 0.5) is 5.82 Å². The van der Waals surface area contributed by atoms with Crippen LogP contribution in [-0.4, -0.2) is 22.8 Å². The van der Waals surface area contributed by atoms with Gasteiger partial charge in [0.25, 0.3) is 5.91 Å². The maximum atomic E-state index is 12.8. The molecule has 0 bridgehead atoms. The zero-order valence-corrected chi connectivity index (χ0v) is 16.2. The summed E-state index contributed by atoms with van der Waals surface area (Å²) in [7, 11) is 1.56. The quantitative estimate of drug-likeness (QED) is 0.727. The van der Waals surface area contributed by atoms with Crippen LogP contribution >= 0.6 is 0 Å². The molecule has 0 spiro atoms. The number of nitrogens with one attached hydrogen (secondary N) is 1. The summed E-state index contributed by atoms with van der Waals surface area (Å²) in [5, 5.41) is 7.73. The number of carbonyl (C=O) groups is 1. The van der Waals surface area contributed by atoms with E-state index in [-0.39, 0.29) is 11.3 Å². The Kier molecular flexibility index (Phi) is 5.31. The number of hydrogen-bond donors (Lipinski definition) is 1. The summed E-state index contributed by atoms with van der Waals surface area (Å²) in [5.41, 5.74) is 2.42. The summed E-state index contributed by atoms with van der Waals surface area (Å²) in [6, 6.07) is 19.2. The standard InChI is InChI=1S/C22H25N3O2/c1-22(2,3)19-14-20(25(24-19)15-16-10-6-5-7-11-16)23-21(26)17-12-8-9-13-18(17)27-4/h5-14H,15H2,1-4H3,(H,23,26). The van der Waals surface area contributed by atoms with Gasteiger partial charge in [0.05, 0.1) is 24.9 Å². The third-order valence-corrected chi connectivity index (χ3v) is 4.32. The highest BCUT2D eigenvalue weighted by atomic mass is 16.5. The maximum Gasteiger partial charge on any atom is 0.260 e. The van der Waals surface area contributed by atoms with Gasteiger partial charge in [0.2, 0.25) is 0 Å². The summed E-state index contributed by atoms with van der Waals surface area (Å²) in [6.07, 6.45) is 0. The lowest BCUT2D eigenvalue weighted by Crippen LogP contribution is -2.17. The minimum absolute atomic E-state index is 0.119. The molecule has 0 aliphatic heterocycles. The van der Waals surface area contributed by atoms with Crippen LogP contribution in [0.3, 0.4) is 0 Å². The molecule has 0 fully saturated rings. The Labute approximate surface area is 160 Å². The average molecular weight is 363 g/mol. The fourth-order valence-electron chi connectivity index (χ4n) is 2.78. The molecule has 0 saturated heterocycles. The second kappa shape index (κ2) is 7.66. The first-order chi connectivity index (χ1) is 12.9. The van der Waals surface area contributed by atoms with Gasteiger partial charge in [-0.1, -0.05) is 63.2 Å². The number of methoxy groups -OCH3 is 1. The second-order valence-electron chi connectivity index (χ2n) is 7.46. The molecule has 5 heteroatoms. The molecule has 1 N–H and O–H groups in total. The van der Waals surface area contributed by atoms with Crippen LogP contribution in [0.5, 0.6) is 5.75 Å². The molecule has 1 heterocycles. The minimum atomic E-state index is -0.220. The first-order valence-electron chi connectivity index (χ1n) is 8.95. The Morgan fingerprint density at radius 2 is 1.74 bits per heavy atom. The lowest BCUT2D eigenvalue weighted by atomic mass is 9.92. The molecule has 0 saturated carbocycles. The summed E-state index contributed by atoms with van der Waals surface area (Å²) in [5.74, 6) is 0.988. The first kappa shape index (κ1) is 18.7. The Bertz CT molecular complexity index is 924. The maximum absolute atomic E-state index is 12.8. The van der Waals surface area contributed by atoms with E-state index < -0.39 is 0 Å². The Balaban J connectivity index is 1.93. The van der Waals surface area contributed by atoms with E-state index >= 15 is 0 Å². The fourth-order valence-corrected chi connectivity index (χ4v) is 2.78. The van der Waals surface area contributed by atoms with Gasteiger partial charge in [-0.25, -0.2) is 4.68 Å². The van der Waals surface area contributed by atoms with E-state index in [2.05, 4.69) is 26.1 Å². The van der Waals surface area contributed by atoms with Gasteiger partial charge in [-0.3, -0.25) is 4.79 Å². The summed E-state index contributed by atoms with van der Waals surface area (Å²) < 4.78 is 7.14. The Hall–Kier alpha value is -3.08. The summed E-state index contributed by atoms with van der Waals surface area (Å²) in [4.78, 5) is 12.8. The van der Waals surface area contributed by atoms with Gasteiger partial charge < -0.3 is 10.1 Å². The van der Waals surface area contributed by atoms with E-state index in [9.17, 15) is 4.79 Å². The van der Waals surface area contributed by atoms with Gasteiger partial charge >= 0.3 is 0 Å². The highest BCUT2D eigenvalue weighted by molar-refractivity contribution is 6.05. The largest absolute Gasteiger partial charge is 0.496 e. The fraction of sp³-hybridized carbons (Fsp3) is 0.273. The average Bonchev–Trinajstić information content (AvgIpc) is 3.05. The molecule has 140 valence electrons. The topological polar surface area (TPSA) is 56.1 Å². The van der Waals surface area contributed by atoms with E-state index in [0.717, 1.165) is 11.3 Å². The van der Waals surface area contributed by atoms with Crippen LogP contribution in [0, 0.1) is 0 Å². The molecule has 0 aliphatic carbocycles. The van der Waals surface area contributed by atoms with Crippen molar-refractivity contribution < 1.29 is 9.53 Å². The van der Waals surface area contributed by atoms with Crippen molar-refractivity contribution >= 4 is 11.7 Å². The van der Waals surface area contributed by atoms with Crippen LogP contribution in [0.15, 0.2) is 60.7 Å². The van der Waals surface area contributed by atoms with Gasteiger partial charge in [0.15, 0.2) is 0 Å². The van der Waals surface area contributed by atoms with Crippen molar-refractivity contribution in [1.82, 2.24) is 9.78 Å². The predicted molar refractivity (Wildman–Crippen MR) is 107 cm³/mol. The van der Waals surface area contributed by atoms with E-state index in [0.29, 0.717) is 23.7 Å². The number of aromatic nitrogens is 2. The SMILES string of the molecule is COc1ccccc1C(=O)Nc1cc(C(C)(C)C)nn1Cc1ccccc1. The van der Waals surface area contributed by atoms with Gasteiger partial charge in [0, 0.05) is 11.5 Å². The predicted octanol–water partition coefficient (Wildman–Crippen LogP) is 4.49. The van der Waals surface area contributed by atoms with E-state index in [4.69, 9.17) is 9.84 Å². The highest BCUT2D eigenvalue weighted by Crippen LogP contribution is 2.26. The van der Waals surface area contributed by atoms with Crippen LogP contribution in [0.25, 0.3) is 0 Å². The second-order valence-corrected chi connectivity index (χ2v) is 7.46. The zero-order valence-electron chi connectivity index (χ0n) is 16.2. The smallest absolute Gasteiger partial charge is 0.260 e. The molecule has 27 heavy (non-hydrogen) atoms. The molecule has 5 nitrogen and oxygen atoms in total.